The number of rotatable bonds is 6. The van der Waals surface area contributed by atoms with Crippen LogP contribution in [0.15, 0.2) is 24.5 Å². The summed E-state index contributed by atoms with van der Waals surface area (Å²) in [7, 11) is 0. The number of hydrogen-bond donors (Lipinski definition) is 1. The van der Waals surface area contributed by atoms with Gasteiger partial charge in [-0.05, 0) is 49.8 Å². The molecule has 0 saturated carbocycles. The van der Waals surface area contributed by atoms with E-state index < -0.39 is 24.5 Å². The van der Waals surface area contributed by atoms with Crippen LogP contribution in [-0.4, -0.2) is 36.0 Å². The SMILES string of the molecule is CCOC(=O)c1c(NC(=O)COC(=O)c2cccnc2)sc2c1CCC(C)C2. The first-order valence-electron chi connectivity index (χ1n) is 9.18. The monoisotopic (exact) mass is 402 g/mol. The summed E-state index contributed by atoms with van der Waals surface area (Å²) in [6.07, 6.45) is 5.56. The number of esters is 2. The molecule has 0 aromatic carbocycles. The number of pyridine rings is 1. The van der Waals surface area contributed by atoms with Gasteiger partial charge in [-0.1, -0.05) is 6.92 Å². The summed E-state index contributed by atoms with van der Waals surface area (Å²) in [6, 6.07) is 3.17. The lowest BCUT2D eigenvalue weighted by Crippen LogP contribution is -2.22. The lowest BCUT2D eigenvalue weighted by molar-refractivity contribution is -0.119. The highest BCUT2D eigenvalue weighted by molar-refractivity contribution is 7.17. The molecule has 8 heteroatoms. The second-order valence-electron chi connectivity index (χ2n) is 6.64. The van der Waals surface area contributed by atoms with Gasteiger partial charge in [0.2, 0.25) is 0 Å². The van der Waals surface area contributed by atoms with Gasteiger partial charge in [0, 0.05) is 17.3 Å². The third-order valence-corrected chi connectivity index (χ3v) is 5.65. The second-order valence-corrected chi connectivity index (χ2v) is 7.75. The normalized spacial score (nSPS) is 15.4. The van der Waals surface area contributed by atoms with E-state index in [1.54, 1.807) is 25.3 Å². The van der Waals surface area contributed by atoms with Crippen molar-refractivity contribution in [1.82, 2.24) is 4.98 Å². The zero-order chi connectivity index (χ0) is 20.1. The van der Waals surface area contributed by atoms with E-state index in [4.69, 9.17) is 9.47 Å². The van der Waals surface area contributed by atoms with Crippen molar-refractivity contribution in [2.75, 3.05) is 18.5 Å². The zero-order valence-electron chi connectivity index (χ0n) is 15.8. The summed E-state index contributed by atoms with van der Waals surface area (Å²) in [4.78, 5) is 41.6. The first kappa shape index (κ1) is 20.0. The first-order chi connectivity index (χ1) is 13.5. The number of carbonyl (C=O) groups is 3. The fourth-order valence-corrected chi connectivity index (χ4v) is 4.53. The van der Waals surface area contributed by atoms with Gasteiger partial charge < -0.3 is 14.8 Å². The number of ether oxygens (including phenoxy) is 2. The number of carbonyl (C=O) groups excluding carboxylic acids is 3. The summed E-state index contributed by atoms with van der Waals surface area (Å²) in [6.45, 7) is 3.72. The highest BCUT2D eigenvalue weighted by Crippen LogP contribution is 2.40. The fourth-order valence-electron chi connectivity index (χ4n) is 3.12. The lowest BCUT2D eigenvalue weighted by atomic mass is 9.88. The smallest absolute Gasteiger partial charge is 0.341 e. The lowest BCUT2D eigenvalue weighted by Gasteiger charge is -2.18. The Balaban J connectivity index is 1.71. The van der Waals surface area contributed by atoms with Crippen molar-refractivity contribution in [2.45, 2.75) is 33.1 Å². The Hall–Kier alpha value is -2.74. The van der Waals surface area contributed by atoms with Gasteiger partial charge in [0.25, 0.3) is 5.91 Å². The van der Waals surface area contributed by atoms with E-state index in [0.717, 1.165) is 29.7 Å². The molecule has 28 heavy (non-hydrogen) atoms. The maximum Gasteiger partial charge on any atom is 0.341 e. The molecule has 148 valence electrons. The quantitative estimate of drug-likeness (QED) is 0.746. The Labute approximate surface area is 167 Å². The zero-order valence-corrected chi connectivity index (χ0v) is 16.6. The van der Waals surface area contributed by atoms with Gasteiger partial charge in [-0.3, -0.25) is 9.78 Å². The van der Waals surface area contributed by atoms with E-state index in [1.165, 1.54) is 17.5 Å². The third-order valence-electron chi connectivity index (χ3n) is 4.48. The van der Waals surface area contributed by atoms with Crippen molar-refractivity contribution in [2.24, 2.45) is 5.92 Å². The standard InChI is InChI=1S/C20H22N2O5S/c1-3-26-20(25)17-14-7-6-12(2)9-15(14)28-18(17)22-16(23)11-27-19(24)13-5-4-8-21-10-13/h4-5,8,10,12H,3,6-7,9,11H2,1-2H3,(H,22,23). The minimum atomic E-state index is -0.631. The van der Waals surface area contributed by atoms with Crippen LogP contribution in [0.25, 0.3) is 0 Å². The Bertz CT molecular complexity index is 878. The van der Waals surface area contributed by atoms with E-state index in [2.05, 4.69) is 17.2 Å². The van der Waals surface area contributed by atoms with Crippen LogP contribution in [0.2, 0.25) is 0 Å². The second kappa shape index (κ2) is 8.97. The van der Waals surface area contributed by atoms with Crippen molar-refractivity contribution in [3.8, 4) is 0 Å². The Kier molecular flexibility index (Phi) is 6.41. The molecule has 1 amide bonds. The van der Waals surface area contributed by atoms with E-state index in [-0.39, 0.29) is 12.2 Å². The summed E-state index contributed by atoms with van der Waals surface area (Å²) in [5.74, 6) is -1.04. The molecule has 0 radical (unpaired) electrons. The van der Waals surface area contributed by atoms with E-state index >= 15 is 0 Å². The van der Waals surface area contributed by atoms with E-state index in [0.29, 0.717) is 16.5 Å². The maximum absolute atomic E-state index is 12.5. The Morgan fingerprint density at radius 2 is 2.11 bits per heavy atom. The van der Waals surface area contributed by atoms with Crippen LogP contribution in [0.1, 0.15) is 51.4 Å². The molecule has 7 nitrogen and oxygen atoms in total. The van der Waals surface area contributed by atoms with Gasteiger partial charge in [0.15, 0.2) is 6.61 Å². The highest BCUT2D eigenvalue weighted by Gasteiger charge is 2.29. The van der Waals surface area contributed by atoms with E-state index in [9.17, 15) is 14.4 Å². The molecular weight excluding hydrogens is 380 g/mol. The Morgan fingerprint density at radius 1 is 1.29 bits per heavy atom. The first-order valence-corrected chi connectivity index (χ1v) is 9.99. The van der Waals surface area contributed by atoms with Crippen LogP contribution >= 0.6 is 11.3 Å². The van der Waals surface area contributed by atoms with Gasteiger partial charge in [-0.15, -0.1) is 11.3 Å². The van der Waals surface area contributed by atoms with Gasteiger partial charge in [0.05, 0.1) is 17.7 Å². The molecule has 0 saturated heterocycles. The summed E-state index contributed by atoms with van der Waals surface area (Å²) in [5, 5.41) is 3.17. The van der Waals surface area contributed by atoms with Crippen molar-refractivity contribution < 1.29 is 23.9 Å². The van der Waals surface area contributed by atoms with Crippen LogP contribution in [0.5, 0.6) is 0 Å². The van der Waals surface area contributed by atoms with Crippen molar-refractivity contribution >= 4 is 34.2 Å². The largest absolute Gasteiger partial charge is 0.462 e. The predicted octanol–water partition coefficient (Wildman–Crippen LogP) is 3.24. The van der Waals surface area contributed by atoms with Crippen molar-refractivity contribution in [3.05, 3.63) is 46.1 Å². The van der Waals surface area contributed by atoms with Crippen LogP contribution in [0, 0.1) is 5.92 Å². The number of amides is 1. The molecule has 0 bridgehead atoms. The molecule has 1 aliphatic carbocycles. The average Bonchev–Trinajstić information content (AvgIpc) is 3.03. The maximum atomic E-state index is 12.5. The average molecular weight is 402 g/mol. The number of fused-ring (bicyclic) bond motifs is 1. The van der Waals surface area contributed by atoms with Crippen molar-refractivity contribution in [1.29, 1.82) is 0 Å². The number of hydrogen-bond acceptors (Lipinski definition) is 7. The van der Waals surface area contributed by atoms with Crippen LogP contribution in [0.3, 0.4) is 0 Å². The minimum Gasteiger partial charge on any atom is -0.462 e. The number of thiophene rings is 1. The van der Waals surface area contributed by atoms with Gasteiger partial charge >= 0.3 is 11.9 Å². The summed E-state index contributed by atoms with van der Waals surface area (Å²) >= 11 is 1.40. The van der Waals surface area contributed by atoms with Gasteiger partial charge in [-0.25, -0.2) is 9.59 Å². The molecule has 0 aliphatic heterocycles. The molecule has 1 unspecified atom stereocenters. The Morgan fingerprint density at radius 3 is 2.82 bits per heavy atom. The minimum absolute atomic E-state index is 0.260. The molecule has 2 heterocycles. The summed E-state index contributed by atoms with van der Waals surface area (Å²) < 4.78 is 10.2. The number of nitrogens with one attached hydrogen (secondary N) is 1. The molecule has 1 atom stereocenters. The molecule has 1 N–H and O–H groups in total. The number of nitrogens with zero attached hydrogens (tertiary/aromatic N) is 1. The molecule has 0 spiro atoms. The van der Waals surface area contributed by atoms with Gasteiger partial charge in [-0.2, -0.15) is 0 Å². The predicted molar refractivity (Wildman–Crippen MR) is 105 cm³/mol. The molecule has 2 aromatic heterocycles. The fraction of sp³-hybridized carbons (Fsp3) is 0.400. The topological polar surface area (TPSA) is 94.6 Å². The molecular formula is C20H22N2O5S. The molecule has 1 aliphatic rings. The molecule has 0 fully saturated rings. The molecule has 3 rings (SSSR count). The number of aromatic nitrogens is 1. The van der Waals surface area contributed by atoms with Crippen LogP contribution < -0.4 is 5.32 Å². The number of anilines is 1. The van der Waals surface area contributed by atoms with Crippen molar-refractivity contribution in [3.63, 3.8) is 0 Å². The molecule has 2 aromatic rings. The van der Waals surface area contributed by atoms with Crippen LogP contribution in [0.4, 0.5) is 5.00 Å². The highest BCUT2D eigenvalue weighted by atomic mass is 32.1. The summed E-state index contributed by atoms with van der Waals surface area (Å²) in [5.41, 5.74) is 1.66. The van der Waals surface area contributed by atoms with Crippen LogP contribution in [-0.2, 0) is 27.1 Å². The van der Waals surface area contributed by atoms with E-state index in [1.807, 2.05) is 0 Å². The van der Waals surface area contributed by atoms with Gasteiger partial charge in [0.1, 0.15) is 5.00 Å². The third kappa shape index (κ3) is 4.56.